The molecule has 0 aromatic rings. The zero-order valence-electron chi connectivity index (χ0n) is 7.91. The third-order valence-electron chi connectivity index (χ3n) is 2.53. The fourth-order valence-electron chi connectivity index (χ4n) is 1.97. The molecule has 1 fully saturated rings. The third-order valence-corrected chi connectivity index (χ3v) is 2.53. The fourth-order valence-corrected chi connectivity index (χ4v) is 1.97. The largest absolute Gasteiger partial charge is 0.516 e. The molecule has 0 saturated heterocycles. The molecule has 0 aliphatic heterocycles. The molecule has 0 spiro atoms. The van der Waals surface area contributed by atoms with Gasteiger partial charge in [-0.3, -0.25) is 0 Å². The van der Waals surface area contributed by atoms with E-state index >= 15 is 0 Å². The monoisotopic (exact) mass is 197 g/mol. The second kappa shape index (κ2) is 5.54. The van der Waals surface area contributed by atoms with E-state index in [1.54, 1.807) is 12.2 Å². The third kappa shape index (κ3) is 3.30. The SMILES string of the molecule is O=N/C=C/[C@H]1C[C@@H](O)C[C@@H](C=CO)C1. The van der Waals surface area contributed by atoms with E-state index in [0.29, 0.717) is 12.8 Å². The van der Waals surface area contributed by atoms with E-state index in [-0.39, 0.29) is 17.9 Å². The average Bonchev–Trinajstić information content (AvgIpc) is 2.14. The maximum atomic E-state index is 9.88. The molecule has 14 heavy (non-hydrogen) atoms. The van der Waals surface area contributed by atoms with Crippen LogP contribution in [0.2, 0.25) is 0 Å². The molecule has 4 nitrogen and oxygen atoms in total. The molecule has 1 aliphatic carbocycles. The Bertz CT molecular complexity index is 238. The molecule has 3 atom stereocenters. The van der Waals surface area contributed by atoms with Gasteiger partial charge in [0.15, 0.2) is 0 Å². The van der Waals surface area contributed by atoms with Crippen LogP contribution in [0.4, 0.5) is 0 Å². The van der Waals surface area contributed by atoms with Gasteiger partial charge in [0, 0.05) is 0 Å². The molecule has 0 amide bonds. The molecule has 0 bridgehead atoms. The van der Waals surface area contributed by atoms with Crippen molar-refractivity contribution in [3.63, 3.8) is 0 Å². The Hall–Kier alpha value is -1.16. The lowest BCUT2D eigenvalue weighted by atomic mass is 9.80. The van der Waals surface area contributed by atoms with Crippen molar-refractivity contribution in [2.75, 3.05) is 0 Å². The quantitative estimate of drug-likeness (QED) is 0.537. The predicted molar refractivity (Wildman–Crippen MR) is 53.5 cm³/mol. The Labute approximate surface area is 82.9 Å². The van der Waals surface area contributed by atoms with Crippen molar-refractivity contribution in [2.45, 2.75) is 25.4 Å². The standard InChI is InChI=1S/C10H15NO3/c12-4-2-9-5-8(1-3-11-14)6-10(13)7-9/h1-4,8-10,12-13H,5-7H2/b3-1+,4-2?/t8-,9+,10-/m1/s1. The summed E-state index contributed by atoms with van der Waals surface area (Å²) in [6, 6.07) is 0. The Kier molecular flexibility index (Phi) is 4.32. The van der Waals surface area contributed by atoms with E-state index in [4.69, 9.17) is 5.11 Å². The number of allylic oxidation sites excluding steroid dienone is 2. The highest BCUT2D eigenvalue weighted by Crippen LogP contribution is 2.30. The number of rotatable bonds is 3. The van der Waals surface area contributed by atoms with Crippen molar-refractivity contribution in [3.05, 3.63) is 29.5 Å². The topological polar surface area (TPSA) is 69.9 Å². The highest BCUT2D eigenvalue weighted by Gasteiger charge is 2.24. The lowest BCUT2D eigenvalue weighted by molar-refractivity contribution is 0.0943. The molecular formula is C10H15NO3. The summed E-state index contributed by atoms with van der Waals surface area (Å²) < 4.78 is 0. The summed E-state index contributed by atoms with van der Waals surface area (Å²) >= 11 is 0. The summed E-state index contributed by atoms with van der Waals surface area (Å²) in [6.07, 6.45) is 7.47. The van der Waals surface area contributed by atoms with E-state index in [9.17, 15) is 10.0 Å². The van der Waals surface area contributed by atoms with Gasteiger partial charge in [-0.2, -0.15) is 0 Å². The molecule has 1 saturated carbocycles. The van der Waals surface area contributed by atoms with Gasteiger partial charge in [0.1, 0.15) is 0 Å². The van der Waals surface area contributed by atoms with Gasteiger partial charge in [0.25, 0.3) is 0 Å². The Morgan fingerprint density at radius 3 is 2.36 bits per heavy atom. The van der Waals surface area contributed by atoms with Crippen LogP contribution in [-0.2, 0) is 0 Å². The molecule has 0 radical (unpaired) electrons. The molecule has 2 N–H and O–H groups in total. The highest BCUT2D eigenvalue weighted by atomic mass is 16.3. The van der Waals surface area contributed by atoms with Crippen LogP contribution in [0.15, 0.2) is 29.8 Å². The smallest absolute Gasteiger partial charge is 0.0754 e. The Morgan fingerprint density at radius 1 is 1.14 bits per heavy atom. The lowest BCUT2D eigenvalue weighted by Crippen LogP contribution is -2.24. The summed E-state index contributed by atoms with van der Waals surface area (Å²) in [4.78, 5) is 9.88. The lowest BCUT2D eigenvalue weighted by Gasteiger charge is -2.28. The second-order valence-electron chi connectivity index (χ2n) is 3.67. The zero-order chi connectivity index (χ0) is 10.4. The predicted octanol–water partition coefficient (Wildman–Crippen LogP) is 2.12. The first-order valence-electron chi connectivity index (χ1n) is 4.74. The second-order valence-corrected chi connectivity index (χ2v) is 3.67. The average molecular weight is 197 g/mol. The number of hydrogen-bond donors (Lipinski definition) is 2. The van der Waals surface area contributed by atoms with Gasteiger partial charge in [-0.05, 0) is 42.4 Å². The minimum atomic E-state index is -0.355. The minimum Gasteiger partial charge on any atom is -0.516 e. The Balaban J connectivity index is 2.53. The maximum absolute atomic E-state index is 9.88. The molecule has 1 aliphatic rings. The van der Waals surface area contributed by atoms with Crippen LogP contribution >= 0.6 is 0 Å². The van der Waals surface area contributed by atoms with Crippen molar-refractivity contribution in [3.8, 4) is 0 Å². The van der Waals surface area contributed by atoms with E-state index in [2.05, 4.69) is 5.18 Å². The van der Waals surface area contributed by atoms with Crippen molar-refractivity contribution < 1.29 is 10.2 Å². The van der Waals surface area contributed by atoms with E-state index in [0.717, 1.165) is 12.7 Å². The number of nitroso groups, excluding NO2 is 1. The molecule has 0 aromatic heterocycles. The van der Waals surface area contributed by atoms with E-state index in [1.807, 2.05) is 0 Å². The number of nitrogens with zero attached hydrogens (tertiary/aromatic N) is 1. The first kappa shape index (κ1) is 10.9. The van der Waals surface area contributed by atoms with Gasteiger partial charge in [-0.25, -0.2) is 0 Å². The number of hydrogen-bond acceptors (Lipinski definition) is 4. The van der Waals surface area contributed by atoms with Crippen LogP contribution in [0.25, 0.3) is 0 Å². The van der Waals surface area contributed by atoms with Crippen LogP contribution in [0.3, 0.4) is 0 Å². The number of aliphatic hydroxyl groups is 2. The van der Waals surface area contributed by atoms with E-state index in [1.165, 1.54) is 6.20 Å². The van der Waals surface area contributed by atoms with Gasteiger partial charge in [0.05, 0.1) is 18.6 Å². The van der Waals surface area contributed by atoms with Gasteiger partial charge in [-0.15, -0.1) is 4.91 Å². The Morgan fingerprint density at radius 2 is 1.79 bits per heavy atom. The van der Waals surface area contributed by atoms with Crippen molar-refractivity contribution in [1.29, 1.82) is 0 Å². The van der Waals surface area contributed by atoms with Crippen LogP contribution in [-0.4, -0.2) is 16.3 Å². The zero-order valence-corrected chi connectivity index (χ0v) is 7.91. The van der Waals surface area contributed by atoms with Gasteiger partial charge >= 0.3 is 0 Å². The summed E-state index contributed by atoms with van der Waals surface area (Å²) in [5.74, 6) is 0.364. The van der Waals surface area contributed by atoms with Crippen molar-refractivity contribution in [1.82, 2.24) is 0 Å². The summed E-state index contributed by atoms with van der Waals surface area (Å²) in [5.41, 5.74) is 0. The van der Waals surface area contributed by atoms with Crippen LogP contribution < -0.4 is 0 Å². The first-order valence-corrected chi connectivity index (χ1v) is 4.74. The summed E-state index contributed by atoms with van der Waals surface area (Å²) in [6.45, 7) is 0. The molecule has 4 heteroatoms. The molecule has 0 heterocycles. The van der Waals surface area contributed by atoms with Gasteiger partial charge in [-0.1, -0.05) is 6.08 Å². The van der Waals surface area contributed by atoms with Crippen LogP contribution in [0.5, 0.6) is 0 Å². The first-order chi connectivity index (χ1) is 6.76. The molecule has 78 valence electrons. The van der Waals surface area contributed by atoms with Gasteiger partial charge in [0.2, 0.25) is 0 Å². The number of aliphatic hydroxyl groups excluding tert-OH is 2. The molecular weight excluding hydrogens is 182 g/mol. The van der Waals surface area contributed by atoms with Crippen molar-refractivity contribution in [2.24, 2.45) is 17.0 Å². The molecule has 0 aromatic carbocycles. The summed E-state index contributed by atoms with van der Waals surface area (Å²) in [5, 5.41) is 20.8. The summed E-state index contributed by atoms with van der Waals surface area (Å²) in [7, 11) is 0. The normalized spacial score (nSPS) is 33.9. The van der Waals surface area contributed by atoms with Crippen LogP contribution in [0.1, 0.15) is 19.3 Å². The molecule has 1 rings (SSSR count). The van der Waals surface area contributed by atoms with E-state index < -0.39 is 0 Å². The van der Waals surface area contributed by atoms with Crippen molar-refractivity contribution >= 4 is 0 Å². The highest BCUT2D eigenvalue weighted by molar-refractivity contribution is 4.97. The maximum Gasteiger partial charge on any atom is 0.0754 e. The molecule has 0 unspecified atom stereocenters. The van der Waals surface area contributed by atoms with Gasteiger partial charge < -0.3 is 10.2 Å². The minimum absolute atomic E-state index is 0.178. The van der Waals surface area contributed by atoms with Crippen LogP contribution in [0, 0.1) is 16.7 Å². The fraction of sp³-hybridized carbons (Fsp3) is 0.600.